The van der Waals surface area contributed by atoms with E-state index >= 15 is 0 Å². The average molecular weight is 360 g/mol. The Morgan fingerprint density at radius 2 is 1.81 bits per heavy atom. The number of hydrogen-bond acceptors (Lipinski definition) is 2. The predicted molar refractivity (Wildman–Crippen MR) is 109 cm³/mol. The van der Waals surface area contributed by atoms with Crippen LogP contribution in [0.2, 0.25) is 0 Å². The topological polar surface area (TPSA) is 25.2 Å². The van der Waals surface area contributed by atoms with Crippen LogP contribution in [-0.2, 0) is 0 Å². The minimum Gasteiger partial charge on any atom is -0.347 e. The first kappa shape index (κ1) is 17.3. The molecule has 136 valence electrons. The van der Waals surface area contributed by atoms with E-state index in [9.17, 15) is 9.18 Å². The molecule has 2 heterocycles. The van der Waals surface area contributed by atoms with Crippen LogP contribution in [0.25, 0.3) is 16.5 Å². The van der Waals surface area contributed by atoms with Crippen molar-refractivity contribution in [3.8, 4) is 0 Å². The fourth-order valence-electron chi connectivity index (χ4n) is 3.48. The number of hydrogen-bond donors (Lipinski definition) is 0. The number of nitrogens with zero attached hydrogens (tertiary/aromatic N) is 2. The minimum absolute atomic E-state index is 0.0727. The highest BCUT2D eigenvalue weighted by Gasteiger charge is 2.17. The summed E-state index contributed by atoms with van der Waals surface area (Å²) in [5, 5.41) is 1.04. The molecule has 2 aromatic carbocycles. The van der Waals surface area contributed by atoms with Gasteiger partial charge in [-0.15, -0.1) is 0 Å². The third kappa shape index (κ3) is 3.43. The van der Waals surface area contributed by atoms with Crippen LogP contribution in [0.15, 0.2) is 79.1 Å². The van der Waals surface area contributed by atoms with Crippen molar-refractivity contribution < 1.29 is 9.18 Å². The number of fused-ring (bicyclic) bond motifs is 2. The second-order valence-corrected chi connectivity index (χ2v) is 6.60. The van der Waals surface area contributed by atoms with E-state index in [-0.39, 0.29) is 12.6 Å². The van der Waals surface area contributed by atoms with E-state index in [1.165, 1.54) is 0 Å². The van der Waals surface area contributed by atoms with E-state index in [1.54, 1.807) is 10.6 Å². The molecule has 0 unspecified atom stereocenters. The molecule has 0 fully saturated rings. The molecule has 4 heteroatoms. The smallest absolute Gasteiger partial charge is 0.255 e. The Morgan fingerprint density at radius 3 is 2.70 bits per heavy atom. The van der Waals surface area contributed by atoms with Crippen molar-refractivity contribution in [2.24, 2.45) is 0 Å². The Kier molecular flexibility index (Phi) is 4.88. The summed E-state index contributed by atoms with van der Waals surface area (Å²) in [5.74, 6) is -0.0727. The maximum atomic E-state index is 12.9. The standard InChI is InChI=1S/C23H21FN2O/c24-13-5-6-14-25-15-11-19(20-8-2-4-10-22(20)25)17-23(27)26-16-12-18-7-1-3-9-21(18)26/h1-4,7-12,15-17H,5-6,13-14H2/b19-17+. The van der Waals surface area contributed by atoms with Crippen molar-refractivity contribution in [1.82, 2.24) is 4.57 Å². The molecule has 0 atom stereocenters. The fraction of sp³-hybridized carbons (Fsp3) is 0.174. The summed E-state index contributed by atoms with van der Waals surface area (Å²) in [4.78, 5) is 15.0. The summed E-state index contributed by atoms with van der Waals surface area (Å²) >= 11 is 0. The Bertz CT molecular complexity index is 1030. The van der Waals surface area contributed by atoms with Gasteiger partial charge in [-0.3, -0.25) is 13.8 Å². The van der Waals surface area contributed by atoms with E-state index in [0.29, 0.717) is 6.42 Å². The molecule has 1 aliphatic rings. The second kappa shape index (κ2) is 7.62. The maximum absolute atomic E-state index is 12.9. The van der Waals surface area contributed by atoms with Crippen molar-refractivity contribution in [3.05, 3.63) is 84.7 Å². The second-order valence-electron chi connectivity index (χ2n) is 6.60. The molecule has 0 bridgehead atoms. The van der Waals surface area contributed by atoms with Crippen LogP contribution in [-0.4, -0.2) is 23.7 Å². The number of benzene rings is 2. The SMILES string of the molecule is O=C(/C=C1\C=CN(CCCCF)c2ccccc21)n1ccc2ccccc21. The molecule has 0 aliphatic carbocycles. The molecule has 3 aromatic rings. The van der Waals surface area contributed by atoms with Crippen molar-refractivity contribution >= 4 is 28.1 Å². The molecule has 3 nitrogen and oxygen atoms in total. The molecule has 0 radical (unpaired) electrons. The van der Waals surface area contributed by atoms with Crippen LogP contribution < -0.4 is 4.90 Å². The molecular formula is C23H21FN2O. The molecule has 27 heavy (non-hydrogen) atoms. The number of unbranched alkanes of at least 4 members (excludes halogenated alkanes) is 1. The number of halogens is 1. The summed E-state index contributed by atoms with van der Waals surface area (Å²) in [6.45, 7) is 0.477. The van der Waals surface area contributed by atoms with Crippen molar-refractivity contribution in [1.29, 1.82) is 0 Å². The highest BCUT2D eigenvalue weighted by molar-refractivity contribution is 6.05. The number of allylic oxidation sites excluding steroid dienone is 3. The van der Waals surface area contributed by atoms with Gasteiger partial charge in [0.2, 0.25) is 0 Å². The van der Waals surface area contributed by atoms with Crippen LogP contribution in [0.5, 0.6) is 0 Å². The lowest BCUT2D eigenvalue weighted by molar-refractivity contribution is 0.0974. The van der Waals surface area contributed by atoms with Crippen molar-refractivity contribution in [2.45, 2.75) is 12.8 Å². The van der Waals surface area contributed by atoms with Crippen LogP contribution in [0.4, 0.5) is 10.1 Å². The average Bonchev–Trinajstić information content (AvgIpc) is 3.14. The summed E-state index contributed by atoms with van der Waals surface area (Å²) in [6, 6.07) is 17.8. The molecule has 0 saturated carbocycles. The lowest BCUT2D eigenvalue weighted by Gasteiger charge is -2.27. The van der Waals surface area contributed by atoms with Gasteiger partial charge in [-0.25, -0.2) is 0 Å². The predicted octanol–water partition coefficient (Wildman–Crippen LogP) is 5.45. The molecule has 0 N–H and O–H groups in total. The van der Waals surface area contributed by atoms with Gasteiger partial charge in [0.15, 0.2) is 0 Å². The molecule has 1 aromatic heterocycles. The van der Waals surface area contributed by atoms with Gasteiger partial charge in [0.1, 0.15) is 0 Å². The third-order valence-electron chi connectivity index (χ3n) is 4.86. The number of aromatic nitrogens is 1. The Labute approximate surface area is 158 Å². The Morgan fingerprint density at radius 1 is 1.00 bits per heavy atom. The monoisotopic (exact) mass is 360 g/mol. The van der Waals surface area contributed by atoms with Crippen LogP contribution in [0.3, 0.4) is 0 Å². The van der Waals surface area contributed by atoms with Gasteiger partial charge >= 0.3 is 0 Å². The summed E-state index contributed by atoms with van der Waals surface area (Å²) in [5.41, 5.74) is 3.86. The van der Waals surface area contributed by atoms with Gasteiger partial charge in [-0.1, -0.05) is 36.4 Å². The molecular weight excluding hydrogens is 339 g/mol. The fourth-order valence-corrected chi connectivity index (χ4v) is 3.48. The van der Waals surface area contributed by atoms with Gasteiger partial charge in [-0.05, 0) is 42.7 Å². The van der Waals surface area contributed by atoms with Gasteiger partial charge in [-0.2, -0.15) is 0 Å². The number of carbonyl (C=O) groups is 1. The van der Waals surface area contributed by atoms with E-state index in [1.807, 2.05) is 73.1 Å². The van der Waals surface area contributed by atoms with Crippen LogP contribution in [0.1, 0.15) is 23.2 Å². The van der Waals surface area contributed by atoms with Gasteiger partial charge < -0.3 is 4.90 Å². The molecule has 0 spiro atoms. The first-order valence-electron chi connectivity index (χ1n) is 9.20. The zero-order chi connectivity index (χ0) is 18.6. The van der Waals surface area contributed by atoms with Crippen molar-refractivity contribution in [2.75, 3.05) is 18.1 Å². The molecule has 4 rings (SSSR count). The van der Waals surface area contributed by atoms with Crippen LogP contribution >= 0.6 is 0 Å². The number of para-hydroxylation sites is 2. The van der Waals surface area contributed by atoms with E-state index < -0.39 is 0 Å². The summed E-state index contributed by atoms with van der Waals surface area (Å²) in [7, 11) is 0. The summed E-state index contributed by atoms with van der Waals surface area (Å²) in [6.07, 6.45) is 8.79. The van der Waals surface area contributed by atoms with Gasteiger partial charge in [0, 0.05) is 41.7 Å². The number of anilines is 1. The lowest BCUT2D eigenvalue weighted by atomic mass is 9.99. The minimum atomic E-state index is -0.288. The number of alkyl halides is 1. The molecule has 0 saturated heterocycles. The first-order valence-corrected chi connectivity index (χ1v) is 9.20. The highest BCUT2D eigenvalue weighted by atomic mass is 19.1. The number of carbonyl (C=O) groups excluding carboxylic acids is 1. The van der Waals surface area contributed by atoms with Gasteiger partial charge in [0.05, 0.1) is 12.2 Å². The van der Waals surface area contributed by atoms with Gasteiger partial charge in [0.25, 0.3) is 5.91 Å². The molecule has 0 amide bonds. The first-order chi connectivity index (χ1) is 13.3. The van der Waals surface area contributed by atoms with E-state index in [0.717, 1.165) is 40.7 Å². The zero-order valence-electron chi connectivity index (χ0n) is 15.0. The van der Waals surface area contributed by atoms with Crippen molar-refractivity contribution in [3.63, 3.8) is 0 Å². The highest BCUT2D eigenvalue weighted by Crippen LogP contribution is 2.33. The zero-order valence-corrected chi connectivity index (χ0v) is 15.0. The third-order valence-corrected chi connectivity index (χ3v) is 4.86. The van der Waals surface area contributed by atoms with Crippen LogP contribution in [0, 0.1) is 0 Å². The van der Waals surface area contributed by atoms with E-state index in [4.69, 9.17) is 0 Å². The maximum Gasteiger partial charge on any atom is 0.255 e. The Hall–Kier alpha value is -3.14. The normalized spacial score (nSPS) is 14.7. The quantitative estimate of drug-likeness (QED) is 0.447. The largest absolute Gasteiger partial charge is 0.347 e. The summed E-state index contributed by atoms with van der Waals surface area (Å²) < 4.78 is 14.1. The Balaban J connectivity index is 1.66. The lowest BCUT2D eigenvalue weighted by Crippen LogP contribution is -2.21. The van der Waals surface area contributed by atoms with E-state index in [2.05, 4.69) is 4.90 Å². The number of rotatable bonds is 5. The molecule has 1 aliphatic heterocycles.